The molecule has 0 bridgehead atoms. The lowest BCUT2D eigenvalue weighted by Gasteiger charge is -2.04. The standard InChI is InChI=1S/C14H10FN5O2S/c15-11-3-7-12(8-4-11)19-14(16-17-18-19)23-9-10-1-5-13(6-2-10)20(21)22/h1-8H,9H2. The molecule has 1 aromatic heterocycles. The Morgan fingerprint density at radius 1 is 1.13 bits per heavy atom. The molecule has 0 saturated carbocycles. The third-order valence-electron chi connectivity index (χ3n) is 3.03. The molecule has 3 aromatic rings. The second-order valence-electron chi connectivity index (χ2n) is 4.56. The number of thioether (sulfide) groups is 1. The highest BCUT2D eigenvalue weighted by Crippen LogP contribution is 2.23. The van der Waals surface area contributed by atoms with Crippen molar-refractivity contribution >= 4 is 17.4 Å². The van der Waals surface area contributed by atoms with E-state index in [2.05, 4.69) is 15.5 Å². The first-order valence-electron chi connectivity index (χ1n) is 6.54. The van der Waals surface area contributed by atoms with Gasteiger partial charge in [0.25, 0.3) is 5.69 Å². The molecule has 0 N–H and O–H groups in total. The topological polar surface area (TPSA) is 86.7 Å². The van der Waals surface area contributed by atoms with Crippen LogP contribution in [0.15, 0.2) is 53.7 Å². The van der Waals surface area contributed by atoms with Crippen molar-refractivity contribution in [3.63, 3.8) is 0 Å². The van der Waals surface area contributed by atoms with Crippen molar-refractivity contribution in [2.24, 2.45) is 0 Å². The highest BCUT2D eigenvalue weighted by Gasteiger charge is 2.10. The maximum Gasteiger partial charge on any atom is 0.269 e. The molecule has 116 valence electrons. The molecule has 3 rings (SSSR count). The van der Waals surface area contributed by atoms with E-state index in [0.29, 0.717) is 16.6 Å². The van der Waals surface area contributed by atoms with Crippen molar-refractivity contribution in [1.29, 1.82) is 0 Å². The minimum atomic E-state index is -0.438. The van der Waals surface area contributed by atoms with E-state index in [1.807, 2.05) is 0 Å². The Kier molecular flexibility index (Phi) is 4.29. The van der Waals surface area contributed by atoms with Crippen LogP contribution in [0.5, 0.6) is 0 Å². The Labute approximate surface area is 134 Å². The quantitative estimate of drug-likeness (QED) is 0.406. The summed E-state index contributed by atoms with van der Waals surface area (Å²) in [5.41, 5.74) is 1.62. The molecule has 0 saturated heterocycles. The van der Waals surface area contributed by atoms with Crippen LogP contribution in [-0.4, -0.2) is 25.1 Å². The summed E-state index contributed by atoms with van der Waals surface area (Å²) < 4.78 is 14.5. The molecule has 0 spiro atoms. The molecular weight excluding hydrogens is 321 g/mol. The Morgan fingerprint density at radius 3 is 2.48 bits per heavy atom. The van der Waals surface area contributed by atoms with Gasteiger partial charge in [0.2, 0.25) is 5.16 Å². The Hall–Kier alpha value is -2.81. The second-order valence-corrected chi connectivity index (χ2v) is 5.50. The van der Waals surface area contributed by atoms with Crippen molar-refractivity contribution in [1.82, 2.24) is 20.2 Å². The maximum absolute atomic E-state index is 13.0. The van der Waals surface area contributed by atoms with Gasteiger partial charge in [-0.05, 0) is 40.3 Å². The van der Waals surface area contributed by atoms with E-state index in [4.69, 9.17) is 0 Å². The van der Waals surface area contributed by atoms with Gasteiger partial charge < -0.3 is 0 Å². The number of nitro groups is 1. The molecular formula is C14H10FN5O2S. The van der Waals surface area contributed by atoms with E-state index in [0.717, 1.165) is 5.56 Å². The number of non-ortho nitro benzene ring substituents is 1. The van der Waals surface area contributed by atoms with Crippen LogP contribution in [0, 0.1) is 15.9 Å². The SMILES string of the molecule is O=[N+]([O-])c1ccc(CSc2nnnn2-c2ccc(F)cc2)cc1. The van der Waals surface area contributed by atoms with Crippen LogP contribution in [0.3, 0.4) is 0 Å². The number of rotatable bonds is 5. The lowest BCUT2D eigenvalue weighted by atomic mass is 10.2. The van der Waals surface area contributed by atoms with Crippen molar-refractivity contribution in [2.45, 2.75) is 10.9 Å². The summed E-state index contributed by atoms with van der Waals surface area (Å²) in [6, 6.07) is 12.1. The highest BCUT2D eigenvalue weighted by atomic mass is 32.2. The van der Waals surface area contributed by atoms with Crippen molar-refractivity contribution < 1.29 is 9.31 Å². The molecule has 9 heteroatoms. The van der Waals surface area contributed by atoms with E-state index in [1.165, 1.54) is 40.7 Å². The summed E-state index contributed by atoms with van der Waals surface area (Å²) in [4.78, 5) is 10.2. The van der Waals surface area contributed by atoms with Gasteiger partial charge in [-0.25, -0.2) is 4.39 Å². The predicted octanol–water partition coefficient (Wildman–Crippen LogP) is 3.00. The Balaban J connectivity index is 1.73. The maximum atomic E-state index is 13.0. The molecule has 2 aromatic carbocycles. The van der Waals surface area contributed by atoms with Crippen LogP contribution in [-0.2, 0) is 5.75 Å². The van der Waals surface area contributed by atoms with E-state index in [9.17, 15) is 14.5 Å². The van der Waals surface area contributed by atoms with E-state index in [-0.39, 0.29) is 11.5 Å². The summed E-state index contributed by atoms with van der Waals surface area (Å²) in [5, 5.41) is 22.6. The Morgan fingerprint density at radius 2 is 1.83 bits per heavy atom. The molecule has 0 atom stereocenters. The largest absolute Gasteiger partial charge is 0.269 e. The number of nitro benzene ring substituents is 1. The van der Waals surface area contributed by atoms with Gasteiger partial charge in [0, 0.05) is 17.9 Å². The zero-order chi connectivity index (χ0) is 16.2. The van der Waals surface area contributed by atoms with Gasteiger partial charge in [0.15, 0.2) is 0 Å². The molecule has 0 fully saturated rings. The number of aromatic nitrogens is 4. The Bertz CT molecular complexity index is 820. The van der Waals surface area contributed by atoms with Crippen molar-refractivity contribution in [3.8, 4) is 5.69 Å². The fourth-order valence-electron chi connectivity index (χ4n) is 1.88. The third kappa shape index (κ3) is 3.51. The van der Waals surface area contributed by atoms with Gasteiger partial charge >= 0.3 is 0 Å². The zero-order valence-corrected chi connectivity index (χ0v) is 12.5. The molecule has 1 heterocycles. The number of benzene rings is 2. The smallest absolute Gasteiger partial charge is 0.258 e. The minimum absolute atomic E-state index is 0.0508. The molecule has 0 aliphatic heterocycles. The lowest BCUT2D eigenvalue weighted by molar-refractivity contribution is -0.384. The van der Waals surface area contributed by atoms with Gasteiger partial charge in [-0.15, -0.1) is 5.10 Å². The van der Waals surface area contributed by atoms with Crippen LogP contribution in [0.1, 0.15) is 5.56 Å². The van der Waals surface area contributed by atoms with Crippen LogP contribution >= 0.6 is 11.8 Å². The summed E-state index contributed by atoms with van der Waals surface area (Å²) in [6.07, 6.45) is 0. The van der Waals surface area contributed by atoms with Gasteiger partial charge in [0.05, 0.1) is 10.6 Å². The molecule has 0 aliphatic rings. The number of nitrogens with zero attached hydrogens (tertiary/aromatic N) is 5. The number of tetrazole rings is 1. The first-order valence-corrected chi connectivity index (χ1v) is 7.52. The first kappa shape index (κ1) is 15.1. The van der Waals surface area contributed by atoms with Crippen LogP contribution in [0.25, 0.3) is 5.69 Å². The van der Waals surface area contributed by atoms with Crippen molar-refractivity contribution in [2.75, 3.05) is 0 Å². The molecule has 7 nitrogen and oxygen atoms in total. The average molecular weight is 331 g/mol. The van der Waals surface area contributed by atoms with Gasteiger partial charge in [-0.3, -0.25) is 10.1 Å². The van der Waals surface area contributed by atoms with Crippen LogP contribution < -0.4 is 0 Å². The van der Waals surface area contributed by atoms with Gasteiger partial charge in [-0.2, -0.15) is 4.68 Å². The average Bonchev–Trinajstić information content (AvgIpc) is 3.02. The monoisotopic (exact) mass is 331 g/mol. The summed E-state index contributed by atoms with van der Waals surface area (Å²) in [5.74, 6) is 0.224. The fourth-order valence-corrected chi connectivity index (χ4v) is 2.72. The van der Waals surface area contributed by atoms with Crippen LogP contribution in [0.4, 0.5) is 10.1 Å². The zero-order valence-electron chi connectivity index (χ0n) is 11.7. The van der Waals surface area contributed by atoms with Gasteiger partial charge in [-0.1, -0.05) is 23.9 Å². The fraction of sp³-hybridized carbons (Fsp3) is 0.0714. The third-order valence-corrected chi connectivity index (χ3v) is 4.02. The molecule has 0 amide bonds. The van der Waals surface area contributed by atoms with E-state index < -0.39 is 4.92 Å². The molecule has 23 heavy (non-hydrogen) atoms. The number of hydrogen-bond donors (Lipinski definition) is 0. The predicted molar refractivity (Wildman–Crippen MR) is 81.8 cm³/mol. The number of hydrogen-bond acceptors (Lipinski definition) is 6. The summed E-state index contributed by atoms with van der Waals surface area (Å²) in [6.45, 7) is 0. The van der Waals surface area contributed by atoms with Crippen LogP contribution in [0.2, 0.25) is 0 Å². The highest BCUT2D eigenvalue weighted by molar-refractivity contribution is 7.98. The minimum Gasteiger partial charge on any atom is -0.258 e. The summed E-state index contributed by atoms with van der Waals surface area (Å²) >= 11 is 1.38. The van der Waals surface area contributed by atoms with Crippen molar-refractivity contribution in [3.05, 3.63) is 70.0 Å². The first-order chi connectivity index (χ1) is 11.1. The van der Waals surface area contributed by atoms with E-state index >= 15 is 0 Å². The summed E-state index contributed by atoms with van der Waals surface area (Å²) in [7, 11) is 0. The molecule has 0 aliphatic carbocycles. The second kappa shape index (κ2) is 6.53. The molecule has 0 unspecified atom stereocenters. The molecule has 0 radical (unpaired) electrons. The lowest BCUT2D eigenvalue weighted by Crippen LogP contribution is -1.99. The number of halogens is 1. The normalized spacial score (nSPS) is 10.7. The van der Waals surface area contributed by atoms with E-state index in [1.54, 1.807) is 24.3 Å². The van der Waals surface area contributed by atoms with Gasteiger partial charge in [0.1, 0.15) is 5.82 Å².